The predicted octanol–water partition coefficient (Wildman–Crippen LogP) is 1.95. The van der Waals surface area contributed by atoms with Gasteiger partial charge in [-0.1, -0.05) is 20.8 Å². The summed E-state index contributed by atoms with van der Waals surface area (Å²) in [6.07, 6.45) is 1.41. The van der Waals surface area contributed by atoms with Gasteiger partial charge >= 0.3 is 5.97 Å². The molecule has 2 atom stereocenters. The molecule has 0 amide bonds. The van der Waals surface area contributed by atoms with Crippen LogP contribution in [0.25, 0.3) is 0 Å². The summed E-state index contributed by atoms with van der Waals surface area (Å²) in [5, 5.41) is 0. The maximum atomic E-state index is 11.4. The first kappa shape index (κ1) is 14.6. The summed E-state index contributed by atoms with van der Waals surface area (Å²) in [7, 11) is 1.86. The van der Waals surface area contributed by atoms with Crippen molar-refractivity contribution in [2.24, 2.45) is 4.99 Å². The molecule has 0 aromatic heterocycles. The van der Waals surface area contributed by atoms with E-state index in [0.717, 1.165) is 0 Å². The van der Waals surface area contributed by atoms with E-state index in [2.05, 4.69) is 9.52 Å². The molecule has 2 unspecified atom stereocenters. The van der Waals surface area contributed by atoms with Crippen molar-refractivity contribution in [1.82, 2.24) is 0 Å². The summed E-state index contributed by atoms with van der Waals surface area (Å²) < 4.78 is 4.53. The number of hydrogen-bond acceptors (Lipinski definition) is 5. The third kappa shape index (κ3) is 5.31. The molecule has 15 heavy (non-hydrogen) atoms. The van der Waals surface area contributed by atoms with Crippen LogP contribution >= 0.6 is 21.2 Å². The molecule has 0 aliphatic rings. The number of nitrogens with zero attached hydrogens (tertiary/aromatic N) is 1. The topological polar surface area (TPSA) is 55.7 Å². The maximum absolute atomic E-state index is 11.4. The summed E-state index contributed by atoms with van der Waals surface area (Å²) in [4.78, 5) is 25.2. The molecule has 0 spiro atoms. The van der Waals surface area contributed by atoms with Gasteiger partial charge in [-0.05, 0) is 6.92 Å². The van der Waals surface area contributed by atoms with E-state index in [1.807, 2.05) is 30.2 Å². The van der Waals surface area contributed by atoms with Crippen molar-refractivity contribution in [1.29, 1.82) is 0 Å². The number of thioether (sulfide) groups is 1. The molecule has 0 fully saturated rings. The van der Waals surface area contributed by atoms with E-state index in [-0.39, 0.29) is 4.75 Å². The van der Waals surface area contributed by atoms with Crippen molar-refractivity contribution in [3.8, 4) is 0 Å². The Morgan fingerprint density at radius 1 is 1.47 bits per heavy atom. The molecule has 0 aliphatic heterocycles. The second kappa shape index (κ2) is 5.64. The van der Waals surface area contributed by atoms with Crippen LogP contribution in [0.3, 0.4) is 0 Å². The van der Waals surface area contributed by atoms with E-state index in [1.54, 1.807) is 18.7 Å². The van der Waals surface area contributed by atoms with Crippen molar-refractivity contribution in [3.63, 3.8) is 0 Å². The molecule has 0 rings (SSSR count). The largest absolute Gasteiger partial charge is 0.450 e. The van der Waals surface area contributed by atoms with Crippen molar-refractivity contribution in [2.75, 3.05) is 5.75 Å². The van der Waals surface area contributed by atoms with Crippen LogP contribution in [0.1, 0.15) is 27.7 Å². The van der Waals surface area contributed by atoms with Crippen molar-refractivity contribution in [2.45, 2.75) is 38.0 Å². The number of isocyanates is 1. The molecule has 0 heterocycles. The Bertz CT molecular complexity index is 284. The van der Waals surface area contributed by atoms with Gasteiger partial charge in [-0.3, -0.25) is 0 Å². The normalized spacial score (nSPS) is 15.0. The Labute approximate surface area is 96.5 Å². The van der Waals surface area contributed by atoms with E-state index < -0.39 is 11.5 Å². The van der Waals surface area contributed by atoms with Gasteiger partial charge in [-0.2, -0.15) is 16.8 Å². The van der Waals surface area contributed by atoms with E-state index in [1.165, 1.54) is 6.08 Å². The molecule has 0 bridgehead atoms. The minimum atomic E-state index is -1.15. The van der Waals surface area contributed by atoms with Crippen LogP contribution in [-0.4, -0.2) is 28.1 Å². The van der Waals surface area contributed by atoms with E-state index >= 15 is 0 Å². The lowest BCUT2D eigenvalue weighted by Gasteiger charge is -2.25. The van der Waals surface area contributed by atoms with Crippen molar-refractivity contribution < 1.29 is 14.1 Å². The highest BCUT2D eigenvalue weighted by Gasteiger charge is 2.35. The highest BCUT2D eigenvalue weighted by Crippen LogP contribution is 2.29. The van der Waals surface area contributed by atoms with Gasteiger partial charge in [-0.15, -0.1) is 0 Å². The van der Waals surface area contributed by atoms with Gasteiger partial charge in [0.2, 0.25) is 6.08 Å². The van der Waals surface area contributed by atoms with Crippen molar-refractivity contribution in [3.05, 3.63) is 0 Å². The monoisotopic (exact) mass is 249 g/mol. The van der Waals surface area contributed by atoms with Gasteiger partial charge in [0, 0.05) is 10.5 Å². The zero-order valence-electron chi connectivity index (χ0n) is 9.36. The SMILES string of the molecule is CC(C)(C)SCC(C)(N=C=O)C(=O)OP. The van der Waals surface area contributed by atoms with E-state index in [0.29, 0.717) is 5.75 Å². The number of aliphatic imine (C=N–C) groups is 1. The number of carbonyl (C=O) groups is 1. The Hall–Kier alpha value is -0.370. The average Bonchev–Trinajstić information content (AvgIpc) is 2.13. The van der Waals surface area contributed by atoms with Crippen LogP contribution in [0.15, 0.2) is 4.99 Å². The Balaban J connectivity index is 4.67. The summed E-state index contributed by atoms with van der Waals surface area (Å²) in [6, 6.07) is 0. The Morgan fingerprint density at radius 2 is 2.00 bits per heavy atom. The molecular formula is C9H16NO3PS. The highest BCUT2D eigenvalue weighted by molar-refractivity contribution is 8.00. The van der Waals surface area contributed by atoms with Crippen LogP contribution in [0.2, 0.25) is 0 Å². The molecule has 86 valence electrons. The minimum absolute atomic E-state index is 0.000822. The summed E-state index contributed by atoms with van der Waals surface area (Å²) >= 11 is 1.54. The Morgan fingerprint density at radius 3 is 2.33 bits per heavy atom. The standard InChI is InChI=1S/C9H16NO3PS/c1-8(2,3)15-5-9(4,10-6-11)7(12)13-14/h5,14H2,1-4H3. The van der Waals surface area contributed by atoms with Gasteiger partial charge in [0.05, 0.1) is 9.47 Å². The van der Waals surface area contributed by atoms with Crippen LogP contribution in [0.5, 0.6) is 0 Å². The predicted molar refractivity (Wildman–Crippen MR) is 64.5 cm³/mol. The summed E-state index contributed by atoms with van der Waals surface area (Å²) in [5.74, 6) is -0.161. The quantitative estimate of drug-likeness (QED) is 0.434. The highest BCUT2D eigenvalue weighted by atomic mass is 32.2. The Kier molecular flexibility index (Phi) is 5.50. The van der Waals surface area contributed by atoms with Crippen LogP contribution < -0.4 is 0 Å². The molecule has 6 heteroatoms. The molecule has 0 saturated carbocycles. The molecule has 4 nitrogen and oxygen atoms in total. The third-order valence-electron chi connectivity index (χ3n) is 1.63. The van der Waals surface area contributed by atoms with E-state index in [4.69, 9.17) is 0 Å². The zero-order chi connectivity index (χ0) is 12.1. The fourth-order valence-corrected chi connectivity index (χ4v) is 1.87. The number of rotatable bonds is 4. The average molecular weight is 249 g/mol. The second-order valence-corrected chi connectivity index (χ2v) is 6.32. The van der Waals surface area contributed by atoms with Gasteiger partial charge in [-0.25, -0.2) is 9.59 Å². The molecule has 0 aliphatic carbocycles. The first-order valence-electron chi connectivity index (χ1n) is 4.39. The zero-order valence-corrected chi connectivity index (χ0v) is 11.3. The molecule has 0 saturated heterocycles. The lowest BCUT2D eigenvalue weighted by molar-refractivity contribution is -0.137. The minimum Gasteiger partial charge on any atom is -0.450 e. The van der Waals surface area contributed by atoms with Gasteiger partial charge in [0.25, 0.3) is 0 Å². The fraction of sp³-hybridized carbons (Fsp3) is 0.778. The van der Waals surface area contributed by atoms with Crippen LogP contribution in [0, 0.1) is 0 Å². The van der Waals surface area contributed by atoms with Crippen LogP contribution in [-0.2, 0) is 14.1 Å². The van der Waals surface area contributed by atoms with Gasteiger partial charge in [0.1, 0.15) is 0 Å². The van der Waals surface area contributed by atoms with Crippen LogP contribution in [0.4, 0.5) is 0 Å². The number of hydrogen-bond donors (Lipinski definition) is 0. The molecular weight excluding hydrogens is 233 g/mol. The first-order valence-corrected chi connectivity index (χ1v) is 5.85. The molecule has 0 N–H and O–H groups in total. The second-order valence-electron chi connectivity index (χ2n) is 4.28. The fourth-order valence-electron chi connectivity index (χ4n) is 0.722. The lowest BCUT2D eigenvalue weighted by atomic mass is 10.1. The van der Waals surface area contributed by atoms with E-state index in [9.17, 15) is 9.59 Å². The van der Waals surface area contributed by atoms with Gasteiger partial charge < -0.3 is 4.52 Å². The lowest BCUT2D eigenvalue weighted by Crippen LogP contribution is -2.37. The molecule has 0 aromatic rings. The maximum Gasteiger partial charge on any atom is 0.337 e. The summed E-state index contributed by atoms with van der Waals surface area (Å²) in [6.45, 7) is 7.63. The first-order chi connectivity index (χ1) is 6.75. The third-order valence-corrected chi connectivity index (χ3v) is 3.41. The molecule has 0 radical (unpaired) electrons. The smallest absolute Gasteiger partial charge is 0.337 e. The summed E-state index contributed by atoms with van der Waals surface area (Å²) in [5.41, 5.74) is -1.15. The van der Waals surface area contributed by atoms with Crippen molar-refractivity contribution >= 4 is 33.3 Å². The number of carbonyl (C=O) groups excluding carboxylic acids is 2. The van der Waals surface area contributed by atoms with Gasteiger partial charge in [0.15, 0.2) is 5.54 Å². The molecule has 0 aromatic carbocycles.